The average molecular weight is 419 g/mol. The molecule has 160 valence electrons. The van der Waals surface area contributed by atoms with E-state index in [9.17, 15) is 9.59 Å². The molecule has 0 aliphatic heterocycles. The molecule has 3 aromatic rings. The Labute approximate surface area is 180 Å². The number of hydrogen-bond acceptors (Lipinski definition) is 6. The fourth-order valence-electron chi connectivity index (χ4n) is 3.89. The number of carbonyl (C=O) groups excluding carboxylic acids is 2. The molecule has 0 atom stereocenters. The second-order valence-electron chi connectivity index (χ2n) is 7.69. The minimum atomic E-state index is -0.226. The molecule has 0 radical (unpaired) electrons. The second kappa shape index (κ2) is 9.07. The zero-order chi connectivity index (χ0) is 21.8. The topological polar surface area (TPSA) is 99.0 Å². The predicted octanol–water partition coefficient (Wildman–Crippen LogP) is 3.46. The van der Waals surface area contributed by atoms with Gasteiger partial charge in [-0.2, -0.15) is 4.68 Å². The van der Waals surface area contributed by atoms with Gasteiger partial charge in [0.2, 0.25) is 5.91 Å². The first-order valence-electron chi connectivity index (χ1n) is 10.4. The van der Waals surface area contributed by atoms with E-state index in [4.69, 9.17) is 4.74 Å². The Morgan fingerprint density at radius 3 is 2.61 bits per heavy atom. The molecule has 1 N–H and O–H groups in total. The van der Waals surface area contributed by atoms with Crippen LogP contribution in [-0.2, 0) is 17.6 Å². The van der Waals surface area contributed by atoms with Gasteiger partial charge in [-0.15, -0.1) is 5.10 Å². The molecule has 0 saturated heterocycles. The van der Waals surface area contributed by atoms with Gasteiger partial charge in [0.15, 0.2) is 11.6 Å². The van der Waals surface area contributed by atoms with Crippen LogP contribution in [0.2, 0.25) is 0 Å². The van der Waals surface area contributed by atoms with E-state index in [0.717, 1.165) is 12.8 Å². The number of benzene rings is 2. The molecule has 31 heavy (non-hydrogen) atoms. The molecule has 1 heterocycles. The number of fused-ring (bicyclic) bond motifs is 1. The zero-order valence-corrected chi connectivity index (χ0v) is 17.7. The number of ketones is 1. The van der Waals surface area contributed by atoms with Crippen molar-refractivity contribution < 1.29 is 14.3 Å². The van der Waals surface area contributed by atoms with Gasteiger partial charge < -0.3 is 10.1 Å². The number of aromatic nitrogens is 4. The number of hydrogen-bond donors (Lipinski definition) is 1. The molecule has 1 aromatic heterocycles. The van der Waals surface area contributed by atoms with Crippen molar-refractivity contribution in [3.8, 4) is 11.4 Å². The predicted molar refractivity (Wildman–Crippen MR) is 116 cm³/mol. The highest BCUT2D eigenvalue weighted by atomic mass is 16.5. The number of nitrogens with one attached hydrogen (secondary N) is 1. The van der Waals surface area contributed by atoms with Gasteiger partial charge in [-0.3, -0.25) is 9.59 Å². The van der Waals surface area contributed by atoms with Gasteiger partial charge in [0, 0.05) is 24.1 Å². The van der Waals surface area contributed by atoms with Gasteiger partial charge in [-0.1, -0.05) is 12.1 Å². The lowest BCUT2D eigenvalue weighted by atomic mass is 9.89. The van der Waals surface area contributed by atoms with Crippen molar-refractivity contribution in [2.45, 2.75) is 45.4 Å². The van der Waals surface area contributed by atoms with Crippen molar-refractivity contribution in [3.05, 3.63) is 58.9 Å². The Kier molecular flexibility index (Phi) is 6.06. The van der Waals surface area contributed by atoms with Crippen LogP contribution in [0.15, 0.2) is 36.4 Å². The van der Waals surface area contributed by atoms with Crippen molar-refractivity contribution in [2.24, 2.45) is 0 Å². The molecule has 4 rings (SSSR count). The molecule has 8 nitrogen and oxygen atoms in total. The van der Waals surface area contributed by atoms with Crippen LogP contribution in [0.5, 0.6) is 5.75 Å². The van der Waals surface area contributed by atoms with Gasteiger partial charge in [0.05, 0.1) is 7.11 Å². The first-order chi connectivity index (χ1) is 15.0. The van der Waals surface area contributed by atoms with E-state index in [0.29, 0.717) is 28.5 Å². The summed E-state index contributed by atoms with van der Waals surface area (Å²) in [5, 5.41) is 14.3. The lowest BCUT2D eigenvalue weighted by Gasteiger charge is -2.16. The van der Waals surface area contributed by atoms with Crippen molar-refractivity contribution in [2.75, 3.05) is 12.4 Å². The third-order valence-corrected chi connectivity index (χ3v) is 5.57. The molecular weight excluding hydrogens is 394 g/mol. The van der Waals surface area contributed by atoms with Crippen LogP contribution in [0.25, 0.3) is 5.69 Å². The van der Waals surface area contributed by atoms with Crippen LogP contribution in [0.1, 0.15) is 53.0 Å². The molecule has 1 aliphatic carbocycles. The Morgan fingerprint density at radius 2 is 1.87 bits per heavy atom. The highest BCUT2D eigenvalue weighted by molar-refractivity contribution is 6.00. The van der Waals surface area contributed by atoms with Crippen LogP contribution < -0.4 is 10.1 Å². The second-order valence-corrected chi connectivity index (χ2v) is 7.69. The smallest absolute Gasteiger partial charge is 0.224 e. The monoisotopic (exact) mass is 419 g/mol. The van der Waals surface area contributed by atoms with Crippen LogP contribution in [0.4, 0.5) is 5.69 Å². The van der Waals surface area contributed by atoms with Crippen molar-refractivity contribution in [1.29, 1.82) is 0 Å². The van der Waals surface area contributed by atoms with Crippen molar-refractivity contribution in [3.63, 3.8) is 0 Å². The maximum absolute atomic E-state index is 12.6. The fraction of sp³-hybridized carbons (Fsp3) is 0.348. The van der Waals surface area contributed by atoms with E-state index >= 15 is 0 Å². The summed E-state index contributed by atoms with van der Waals surface area (Å²) in [5.41, 5.74) is 4.50. The van der Waals surface area contributed by atoms with E-state index in [1.54, 1.807) is 32.2 Å². The maximum atomic E-state index is 12.6. The molecular formula is C23H25N5O3. The molecule has 0 fully saturated rings. The number of carbonyl (C=O) groups is 2. The van der Waals surface area contributed by atoms with Crippen molar-refractivity contribution >= 4 is 17.4 Å². The van der Waals surface area contributed by atoms with E-state index in [1.165, 1.54) is 28.7 Å². The SMILES string of the molecule is COc1ccc(NC(=O)CCC(=O)c2ccc3c(c2)CCCC3)cc1-n1nnnc1C. The summed E-state index contributed by atoms with van der Waals surface area (Å²) in [7, 11) is 1.56. The molecule has 0 saturated carbocycles. The molecule has 8 heteroatoms. The number of aryl methyl sites for hydroxylation is 3. The highest BCUT2D eigenvalue weighted by Gasteiger charge is 2.15. The molecule has 0 spiro atoms. The number of methoxy groups -OCH3 is 1. The van der Waals surface area contributed by atoms with Gasteiger partial charge in [-0.25, -0.2) is 0 Å². The normalized spacial score (nSPS) is 12.8. The van der Waals surface area contributed by atoms with Crippen LogP contribution in [-0.4, -0.2) is 39.0 Å². The van der Waals surface area contributed by atoms with E-state index in [2.05, 4.69) is 26.9 Å². The molecule has 1 amide bonds. The van der Waals surface area contributed by atoms with Gasteiger partial charge >= 0.3 is 0 Å². The minimum Gasteiger partial charge on any atom is -0.494 e. The van der Waals surface area contributed by atoms with E-state index < -0.39 is 0 Å². The molecule has 2 aromatic carbocycles. The number of nitrogens with zero attached hydrogens (tertiary/aromatic N) is 4. The molecule has 1 aliphatic rings. The third-order valence-electron chi connectivity index (χ3n) is 5.57. The molecule has 0 bridgehead atoms. The van der Waals surface area contributed by atoms with E-state index in [1.807, 2.05) is 12.1 Å². The average Bonchev–Trinajstić information content (AvgIpc) is 3.22. The summed E-state index contributed by atoms with van der Waals surface area (Å²) in [6.45, 7) is 1.77. The number of anilines is 1. The minimum absolute atomic E-state index is 0.0109. The first kappa shape index (κ1) is 20.7. The number of amides is 1. The quantitative estimate of drug-likeness (QED) is 0.589. The number of tetrazole rings is 1. The number of rotatable bonds is 7. The van der Waals surface area contributed by atoms with E-state index in [-0.39, 0.29) is 24.5 Å². The largest absolute Gasteiger partial charge is 0.494 e. The Balaban J connectivity index is 1.40. The number of ether oxygens (including phenoxy) is 1. The lowest BCUT2D eigenvalue weighted by molar-refractivity contribution is -0.116. The van der Waals surface area contributed by atoms with Crippen LogP contribution in [0, 0.1) is 6.92 Å². The fourth-order valence-corrected chi connectivity index (χ4v) is 3.89. The summed E-state index contributed by atoms with van der Waals surface area (Å²) in [6, 6.07) is 11.2. The highest BCUT2D eigenvalue weighted by Crippen LogP contribution is 2.27. The summed E-state index contributed by atoms with van der Waals surface area (Å²) >= 11 is 0. The van der Waals surface area contributed by atoms with Gasteiger partial charge in [0.25, 0.3) is 0 Å². The summed E-state index contributed by atoms with van der Waals surface area (Å²) in [4.78, 5) is 25.1. The summed E-state index contributed by atoms with van der Waals surface area (Å²) in [5.74, 6) is 0.938. The van der Waals surface area contributed by atoms with Crippen molar-refractivity contribution in [1.82, 2.24) is 20.2 Å². The maximum Gasteiger partial charge on any atom is 0.224 e. The summed E-state index contributed by atoms with van der Waals surface area (Å²) in [6.07, 6.45) is 4.76. The Bertz CT molecular complexity index is 1120. The standard InChI is InChI=1S/C23H25N5O3/c1-15-25-26-27-28(15)20-14-19(9-11-22(20)31-2)24-23(30)12-10-21(29)18-8-7-16-5-3-4-6-17(16)13-18/h7-9,11,13-14H,3-6,10,12H2,1-2H3,(H,24,30). The Hall–Kier alpha value is -3.55. The first-order valence-corrected chi connectivity index (χ1v) is 10.4. The third kappa shape index (κ3) is 4.63. The van der Waals surface area contributed by atoms with Gasteiger partial charge in [0.1, 0.15) is 11.4 Å². The number of Topliss-reactive ketones (excluding diaryl/α,β-unsaturated/α-hetero) is 1. The van der Waals surface area contributed by atoms with Gasteiger partial charge in [-0.05, 0) is 78.4 Å². The zero-order valence-electron chi connectivity index (χ0n) is 17.7. The molecule has 0 unspecified atom stereocenters. The summed E-state index contributed by atoms with van der Waals surface area (Å²) < 4.78 is 6.91. The Morgan fingerprint density at radius 1 is 1.06 bits per heavy atom. The van der Waals surface area contributed by atoms with Crippen LogP contribution in [0.3, 0.4) is 0 Å². The van der Waals surface area contributed by atoms with Crippen LogP contribution >= 0.6 is 0 Å². The lowest BCUT2D eigenvalue weighted by Crippen LogP contribution is -2.14.